The number of aromatic nitrogens is 2. The average molecular weight is 983 g/mol. The highest BCUT2D eigenvalue weighted by atomic mass is 19.4. The molecule has 1 spiro atoms. The van der Waals surface area contributed by atoms with Crippen LogP contribution in [0.1, 0.15) is 70.8 Å². The number of hydrogen-bond donors (Lipinski definition) is 0. The third-order valence-corrected chi connectivity index (χ3v) is 15.7. The molecular weight excluding hydrogens is 951 g/mol. The number of nitrogens with zero attached hydrogens (tertiary/aromatic N) is 2. The summed E-state index contributed by atoms with van der Waals surface area (Å²) in [6.07, 6.45) is -20.1. The van der Waals surface area contributed by atoms with Crippen molar-refractivity contribution < 1.29 is 52.7 Å². The first-order chi connectivity index (χ1) is 33.9. The highest BCUT2D eigenvalue weighted by Gasteiger charge is 2.56. The molecule has 0 amide bonds. The van der Waals surface area contributed by atoms with Crippen molar-refractivity contribution in [2.45, 2.75) is 56.3 Å². The zero-order valence-corrected chi connectivity index (χ0v) is 37.7. The predicted molar refractivity (Wildman–Crippen MR) is 255 cm³/mol. The highest BCUT2D eigenvalue weighted by Crippen LogP contribution is 2.63. The number of benzene rings is 8. The Labute approximate surface area is 400 Å². The van der Waals surface area contributed by atoms with Crippen molar-refractivity contribution in [3.05, 3.63) is 184 Å². The smallest absolute Gasteiger partial charge is 0.310 e. The third kappa shape index (κ3) is 5.30. The molecule has 3 aliphatic heterocycles. The number of alkyl halides is 12. The maximum absolute atomic E-state index is 15.6. The average Bonchev–Trinajstić information content (AvgIpc) is 3.94. The van der Waals surface area contributed by atoms with Crippen molar-refractivity contribution in [1.82, 2.24) is 9.13 Å². The van der Waals surface area contributed by atoms with Crippen molar-refractivity contribution in [2.24, 2.45) is 0 Å². The second kappa shape index (κ2) is 13.2. The fourth-order valence-electron chi connectivity index (χ4n) is 12.9. The van der Waals surface area contributed by atoms with E-state index in [0.29, 0.717) is 50.3 Å². The topological polar surface area (TPSA) is 9.86 Å². The lowest BCUT2D eigenvalue weighted by atomic mass is 9.33. The van der Waals surface area contributed by atoms with E-state index in [9.17, 15) is 13.2 Å². The van der Waals surface area contributed by atoms with Crippen LogP contribution in [0.5, 0.6) is 0 Å². The van der Waals surface area contributed by atoms with E-state index in [1.165, 1.54) is 6.07 Å². The van der Waals surface area contributed by atoms with Crippen molar-refractivity contribution >= 4 is 66.7 Å². The second-order valence-electron chi connectivity index (χ2n) is 20.4. The van der Waals surface area contributed by atoms with Gasteiger partial charge in [0.15, 0.2) is 0 Å². The first-order valence-corrected chi connectivity index (χ1v) is 23.0. The molecule has 1 aliphatic carbocycles. The Morgan fingerprint density at radius 1 is 0.389 bits per heavy atom. The van der Waals surface area contributed by atoms with E-state index in [4.69, 9.17) is 0 Å². The zero-order valence-electron chi connectivity index (χ0n) is 37.7. The summed E-state index contributed by atoms with van der Waals surface area (Å²) in [6.45, 7) is 4.57. The molecule has 0 bridgehead atoms. The van der Waals surface area contributed by atoms with Crippen molar-refractivity contribution in [1.29, 1.82) is 0 Å². The van der Waals surface area contributed by atoms with E-state index in [-0.39, 0.29) is 71.0 Å². The van der Waals surface area contributed by atoms with Crippen LogP contribution in [0, 0.1) is 0 Å². The van der Waals surface area contributed by atoms with Gasteiger partial charge in [0.25, 0.3) is 6.71 Å². The molecule has 0 unspecified atom stereocenters. The lowest BCUT2D eigenvalue weighted by Crippen LogP contribution is -2.61. The molecule has 0 saturated carbocycles. The Morgan fingerprint density at radius 2 is 0.861 bits per heavy atom. The molecule has 0 atom stereocenters. The summed E-state index contributed by atoms with van der Waals surface area (Å²) in [7, 11) is 0. The van der Waals surface area contributed by atoms with Crippen LogP contribution in [0.15, 0.2) is 133 Å². The molecule has 5 heterocycles. The molecule has 0 radical (unpaired) electrons. The van der Waals surface area contributed by atoms with E-state index in [2.05, 4.69) is 0 Å². The molecule has 4 aliphatic rings. The van der Waals surface area contributed by atoms with Crippen LogP contribution >= 0.6 is 0 Å². The largest absolute Gasteiger partial charge is 0.416 e. The SMILES string of the molecule is CC(C)(C)c1ccc(-c2cc3c4c5c2-n2c6ccc(C(F)(F)F)cc6c6cc(C(F)(F)F)cc(c62)B5c2cc(C(F)(F)F)cc5c6cc(C(F)(F)F)cc(c6n-4c25)C32c3ccccc3-c3ccccc32)cc1. The molecule has 10 aromatic rings. The minimum absolute atomic E-state index is 0.0552. The lowest BCUT2D eigenvalue weighted by molar-refractivity contribution is -0.138. The molecule has 356 valence electrons. The van der Waals surface area contributed by atoms with E-state index >= 15 is 39.5 Å². The monoisotopic (exact) mass is 982 g/mol. The van der Waals surface area contributed by atoms with Gasteiger partial charge in [-0.3, -0.25) is 0 Å². The number of halogens is 12. The second-order valence-corrected chi connectivity index (χ2v) is 20.4. The maximum atomic E-state index is 15.6. The van der Waals surface area contributed by atoms with E-state index in [1.54, 1.807) is 33.4 Å². The van der Waals surface area contributed by atoms with Gasteiger partial charge < -0.3 is 9.13 Å². The molecule has 0 N–H and O–H groups in total. The normalized spacial score (nSPS) is 15.2. The van der Waals surface area contributed by atoms with E-state index < -0.39 is 59.1 Å². The molecule has 0 saturated heterocycles. The van der Waals surface area contributed by atoms with Crippen molar-refractivity contribution in [3.8, 4) is 33.6 Å². The molecule has 8 aromatic carbocycles. The van der Waals surface area contributed by atoms with Crippen molar-refractivity contribution in [2.75, 3.05) is 0 Å². The molecule has 14 rings (SSSR count). The van der Waals surface area contributed by atoms with Crippen LogP contribution in [0.25, 0.3) is 77.2 Å². The zero-order chi connectivity index (χ0) is 50.3. The Morgan fingerprint density at radius 3 is 1.40 bits per heavy atom. The van der Waals surface area contributed by atoms with Gasteiger partial charge in [0.1, 0.15) is 0 Å². The summed E-state index contributed by atoms with van der Waals surface area (Å²) in [6, 6.07) is 32.0. The summed E-state index contributed by atoms with van der Waals surface area (Å²) in [5, 5.41) is -0.703. The Kier molecular flexibility index (Phi) is 7.93. The van der Waals surface area contributed by atoms with Gasteiger partial charge in [-0.1, -0.05) is 106 Å². The van der Waals surface area contributed by atoms with Gasteiger partial charge in [0.05, 0.1) is 44.4 Å². The quantitative estimate of drug-likeness (QED) is 0.115. The van der Waals surface area contributed by atoms with Gasteiger partial charge in [0, 0.05) is 43.8 Å². The molecular formula is C57H31BF12N2. The maximum Gasteiger partial charge on any atom is 0.416 e. The third-order valence-electron chi connectivity index (χ3n) is 15.7. The van der Waals surface area contributed by atoms with Crippen LogP contribution in [-0.4, -0.2) is 15.8 Å². The van der Waals surface area contributed by atoms with Gasteiger partial charge in [-0.25, -0.2) is 0 Å². The molecule has 2 aromatic heterocycles. The molecule has 72 heavy (non-hydrogen) atoms. The Balaban J connectivity index is 1.30. The van der Waals surface area contributed by atoms with Gasteiger partial charge in [-0.15, -0.1) is 0 Å². The first-order valence-electron chi connectivity index (χ1n) is 23.0. The molecule has 15 heteroatoms. The molecule has 0 fully saturated rings. The summed E-state index contributed by atoms with van der Waals surface area (Å²) < 4.78 is 187. The fourth-order valence-corrected chi connectivity index (χ4v) is 12.9. The fraction of sp³-hybridized carbons (Fsp3) is 0.158. The van der Waals surface area contributed by atoms with Gasteiger partial charge in [-0.05, 0) is 115 Å². The van der Waals surface area contributed by atoms with Crippen LogP contribution in [0.3, 0.4) is 0 Å². The Bertz CT molecular complexity index is 4090. The highest BCUT2D eigenvalue weighted by molar-refractivity contribution is 7.00. The van der Waals surface area contributed by atoms with Crippen LogP contribution in [-0.2, 0) is 35.5 Å². The number of hydrogen-bond acceptors (Lipinski definition) is 0. The van der Waals surface area contributed by atoms with Crippen molar-refractivity contribution in [3.63, 3.8) is 0 Å². The minimum atomic E-state index is -5.10. The molecule has 2 nitrogen and oxygen atoms in total. The summed E-state index contributed by atoms with van der Waals surface area (Å²) in [5.41, 5.74) is -0.614. The Hall–Kier alpha value is -7.42. The van der Waals surface area contributed by atoms with Gasteiger partial charge in [-0.2, -0.15) is 52.7 Å². The van der Waals surface area contributed by atoms with Crippen LogP contribution < -0.4 is 16.4 Å². The first kappa shape index (κ1) is 43.4. The summed E-state index contributed by atoms with van der Waals surface area (Å²) in [4.78, 5) is 0. The van der Waals surface area contributed by atoms with Crippen LogP contribution in [0.2, 0.25) is 0 Å². The van der Waals surface area contributed by atoms with Gasteiger partial charge >= 0.3 is 24.7 Å². The van der Waals surface area contributed by atoms with Crippen LogP contribution in [0.4, 0.5) is 52.7 Å². The van der Waals surface area contributed by atoms with E-state index in [1.807, 2.05) is 75.4 Å². The number of fused-ring (bicyclic) bond motifs is 14. The minimum Gasteiger partial charge on any atom is -0.310 e. The van der Waals surface area contributed by atoms with Gasteiger partial charge in [0.2, 0.25) is 0 Å². The lowest BCUT2D eigenvalue weighted by Gasteiger charge is -2.45. The predicted octanol–water partition coefficient (Wildman–Crippen LogP) is 14.7. The number of rotatable bonds is 1. The summed E-state index contributed by atoms with van der Waals surface area (Å²) in [5.74, 6) is 0. The summed E-state index contributed by atoms with van der Waals surface area (Å²) >= 11 is 0. The standard InChI is InChI=1S/C57H31BF12N2/c1-52(2,3)27-14-12-26(13-15-27)34-25-42-51-46-50(34)71-45-17-16-28(54(59,60)61)18-35(45)36-20-30(56(65,66)67)23-43(48(36)71)58(46)44-24-31(57(68,69)70)21-38-37-19-29(55(62,63)64)22-41(47(37)72(51)49(38)44)53(42)39-10-6-4-8-32(39)33-9-5-7-11-40(33)53/h4-25H,1-3H3. The van der Waals surface area contributed by atoms with E-state index in [0.717, 1.165) is 54.1 Å².